The molecule has 162 valence electrons. The lowest BCUT2D eigenvalue weighted by molar-refractivity contribution is 0.0696. The van der Waals surface area contributed by atoms with Crippen molar-refractivity contribution in [3.63, 3.8) is 0 Å². The first-order chi connectivity index (χ1) is 14.8. The number of benzene rings is 2. The van der Waals surface area contributed by atoms with Crippen LogP contribution in [0, 0.1) is 5.41 Å². The zero-order valence-electron chi connectivity index (χ0n) is 18.2. The van der Waals surface area contributed by atoms with Crippen molar-refractivity contribution < 1.29 is 9.90 Å². The quantitative estimate of drug-likeness (QED) is 0.378. The fraction of sp³-hybridized carbons (Fsp3) is 0.346. The summed E-state index contributed by atoms with van der Waals surface area (Å²) in [7, 11) is 0. The molecule has 0 saturated heterocycles. The Morgan fingerprint density at radius 1 is 1.13 bits per heavy atom. The maximum atomic E-state index is 12.3. The summed E-state index contributed by atoms with van der Waals surface area (Å²) in [6.45, 7) is 5.77. The Balaban J connectivity index is 1.62. The van der Waals surface area contributed by atoms with Crippen molar-refractivity contribution >= 4 is 17.3 Å². The summed E-state index contributed by atoms with van der Waals surface area (Å²) in [6, 6.07) is 18.4. The molecule has 3 N–H and O–H groups in total. The summed E-state index contributed by atoms with van der Waals surface area (Å²) in [4.78, 5) is 14.4. The van der Waals surface area contributed by atoms with Gasteiger partial charge in [0.25, 0.3) is 0 Å². The number of nitrogens with two attached hydrogens (primary N) is 1. The predicted molar refractivity (Wildman–Crippen MR) is 127 cm³/mol. The van der Waals surface area contributed by atoms with Crippen molar-refractivity contribution in [1.29, 1.82) is 0 Å². The highest BCUT2D eigenvalue weighted by Gasteiger charge is 2.33. The first-order valence-corrected chi connectivity index (χ1v) is 11.7. The molecule has 0 spiro atoms. The van der Waals surface area contributed by atoms with Crippen molar-refractivity contribution in [1.82, 2.24) is 5.01 Å². The van der Waals surface area contributed by atoms with Gasteiger partial charge in [0.05, 0.1) is 5.56 Å². The first kappa shape index (κ1) is 21.8. The number of carboxylic acids is 1. The third-order valence-electron chi connectivity index (χ3n) is 6.15. The Kier molecular flexibility index (Phi) is 6.28. The van der Waals surface area contributed by atoms with E-state index < -0.39 is 5.97 Å². The van der Waals surface area contributed by atoms with Gasteiger partial charge >= 0.3 is 5.97 Å². The van der Waals surface area contributed by atoms with Gasteiger partial charge < -0.3 is 5.11 Å². The van der Waals surface area contributed by atoms with E-state index in [0.717, 1.165) is 53.8 Å². The molecule has 1 aliphatic rings. The fourth-order valence-electron chi connectivity index (χ4n) is 4.43. The van der Waals surface area contributed by atoms with Crippen LogP contribution in [0.4, 0.5) is 0 Å². The van der Waals surface area contributed by atoms with Crippen molar-refractivity contribution in [2.24, 2.45) is 11.3 Å². The van der Waals surface area contributed by atoms with Crippen LogP contribution in [0.15, 0.2) is 54.6 Å². The first-order valence-electron chi connectivity index (χ1n) is 10.8. The molecule has 1 heterocycles. The number of rotatable bonds is 7. The molecule has 31 heavy (non-hydrogen) atoms. The molecule has 0 fully saturated rings. The highest BCUT2D eigenvalue weighted by atomic mass is 32.1. The van der Waals surface area contributed by atoms with Crippen LogP contribution in [0.2, 0.25) is 0 Å². The van der Waals surface area contributed by atoms with Crippen LogP contribution in [0.5, 0.6) is 0 Å². The molecular formula is C26H30N2O2S. The van der Waals surface area contributed by atoms with E-state index in [2.05, 4.69) is 32.0 Å². The summed E-state index contributed by atoms with van der Waals surface area (Å²) in [5.74, 6) is 5.53. The third kappa shape index (κ3) is 4.90. The van der Waals surface area contributed by atoms with Gasteiger partial charge in [-0.25, -0.2) is 9.80 Å². The van der Waals surface area contributed by atoms with Crippen LogP contribution in [0.3, 0.4) is 0 Å². The molecule has 0 atom stereocenters. The van der Waals surface area contributed by atoms with Gasteiger partial charge in [-0.1, -0.05) is 68.4 Å². The highest BCUT2D eigenvalue weighted by molar-refractivity contribution is 7.16. The van der Waals surface area contributed by atoms with Gasteiger partial charge in [0, 0.05) is 22.8 Å². The number of carboxylic acid groups (broad SMARTS) is 1. The van der Waals surface area contributed by atoms with Gasteiger partial charge in [0.1, 0.15) is 0 Å². The summed E-state index contributed by atoms with van der Waals surface area (Å²) in [6.07, 6.45) is 3.75. The zero-order chi connectivity index (χ0) is 22.0. The SMILES string of the molecule is CC1(C)CCc2sc(-c3ccccc3CN(N)CCc3ccccc3)c(C(=O)O)c2C1. The van der Waals surface area contributed by atoms with E-state index in [1.807, 2.05) is 41.4 Å². The fourth-order valence-corrected chi connectivity index (χ4v) is 5.80. The van der Waals surface area contributed by atoms with Crippen molar-refractivity contribution in [2.75, 3.05) is 6.54 Å². The van der Waals surface area contributed by atoms with Gasteiger partial charge in [0.15, 0.2) is 0 Å². The molecule has 4 rings (SSSR count). The lowest BCUT2D eigenvalue weighted by Gasteiger charge is -2.29. The molecule has 0 saturated carbocycles. The zero-order valence-corrected chi connectivity index (χ0v) is 19.0. The van der Waals surface area contributed by atoms with E-state index in [-0.39, 0.29) is 5.41 Å². The van der Waals surface area contributed by atoms with E-state index in [1.54, 1.807) is 11.3 Å². The van der Waals surface area contributed by atoms with Gasteiger partial charge in [0.2, 0.25) is 0 Å². The molecule has 0 amide bonds. The molecule has 0 bridgehead atoms. The van der Waals surface area contributed by atoms with E-state index in [4.69, 9.17) is 5.84 Å². The van der Waals surface area contributed by atoms with Gasteiger partial charge in [-0.05, 0) is 53.4 Å². The number of carbonyl (C=O) groups is 1. The molecule has 1 aliphatic carbocycles. The molecule has 4 nitrogen and oxygen atoms in total. The molecule has 0 aliphatic heterocycles. The Morgan fingerprint density at radius 3 is 2.58 bits per heavy atom. The van der Waals surface area contributed by atoms with Crippen LogP contribution in [0.25, 0.3) is 10.4 Å². The second-order valence-corrected chi connectivity index (χ2v) is 10.3. The third-order valence-corrected chi connectivity index (χ3v) is 7.48. The minimum absolute atomic E-state index is 0.139. The number of hydrogen-bond acceptors (Lipinski definition) is 4. The molecule has 3 aromatic rings. The average Bonchev–Trinajstić information content (AvgIpc) is 3.11. The minimum Gasteiger partial charge on any atom is -0.478 e. The molecule has 5 heteroatoms. The van der Waals surface area contributed by atoms with Gasteiger partial charge in [-0.2, -0.15) is 0 Å². The molecule has 0 radical (unpaired) electrons. The van der Waals surface area contributed by atoms with Crippen LogP contribution < -0.4 is 5.84 Å². The Hall–Kier alpha value is -2.47. The van der Waals surface area contributed by atoms with E-state index in [1.165, 1.54) is 10.4 Å². The van der Waals surface area contributed by atoms with Crippen LogP contribution in [-0.4, -0.2) is 22.6 Å². The smallest absolute Gasteiger partial charge is 0.337 e. The standard InChI is InChI=1S/C26H30N2O2S/c1-26(2)14-12-22-21(16-26)23(25(29)30)24(31-22)20-11-7-6-10-19(20)17-28(27)15-13-18-8-4-3-5-9-18/h3-11H,12-17,27H2,1-2H3,(H,29,30). The summed E-state index contributed by atoms with van der Waals surface area (Å²) in [5.41, 5.74) is 4.99. The summed E-state index contributed by atoms with van der Waals surface area (Å²) >= 11 is 1.66. The molecule has 2 aromatic carbocycles. The normalized spacial score (nSPS) is 15.1. The average molecular weight is 435 g/mol. The van der Waals surface area contributed by atoms with E-state index in [0.29, 0.717) is 12.1 Å². The topological polar surface area (TPSA) is 66.6 Å². The Labute approximate surface area is 188 Å². The number of hydrogen-bond donors (Lipinski definition) is 2. The molecule has 0 unspecified atom stereocenters. The number of aromatic carboxylic acids is 1. The lowest BCUT2D eigenvalue weighted by atomic mass is 9.76. The number of fused-ring (bicyclic) bond motifs is 1. The van der Waals surface area contributed by atoms with Crippen molar-refractivity contribution in [3.05, 3.63) is 81.7 Å². The van der Waals surface area contributed by atoms with E-state index in [9.17, 15) is 9.90 Å². The second kappa shape index (κ2) is 8.95. The number of nitrogens with zero attached hydrogens (tertiary/aromatic N) is 1. The van der Waals surface area contributed by atoms with Gasteiger partial charge in [-0.15, -0.1) is 11.3 Å². The maximum Gasteiger partial charge on any atom is 0.337 e. The number of aryl methyl sites for hydroxylation is 1. The highest BCUT2D eigenvalue weighted by Crippen LogP contribution is 2.45. The van der Waals surface area contributed by atoms with Crippen LogP contribution in [0.1, 0.15) is 52.2 Å². The van der Waals surface area contributed by atoms with Crippen LogP contribution >= 0.6 is 11.3 Å². The predicted octanol–water partition coefficient (Wildman–Crippen LogP) is 5.55. The van der Waals surface area contributed by atoms with Gasteiger partial charge in [-0.3, -0.25) is 5.84 Å². The number of thiophene rings is 1. The second-order valence-electron chi connectivity index (χ2n) is 9.22. The molecular weight excluding hydrogens is 404 g/mol. The number of hydrazine groups is 1. The lowest BCUT2D eigenvalue weighted by Crippen LogP contribution is -2.32. The Bertz CT molecular complexity index is 1070. The van der Waals surface area contributed by atoms with Crippen LogP contribution in [-0.2, 0) is 25.8 Å². The minimum atomic E-state index is -0.825. The van der Waals surface area contributed by atoms with E-state index >= 15 is 0 Å². The Morgan fingerprint density at radius 2 is 1.84 bits per heavy atom. The van der Waals surface area contributed by atoms with Crippen molar-refractivity contribution in [2.45, 2.75) is 46.1 Å². The largest absolute Gasteiger partial charge is 0.478 e. The maximum absolute atomic E-state index is 12.3. The molecule has 1 aromatic heterocycles. The summed E-state index contributed by atoms with van der Waals surface area (Å²) < 4.78 is 0. The summed E-state index contributed by atoms with van der Waals surface area (Å²) in [5, 5.41) is 11.9. The van der Waals surface area contributed by atoms with Crippen molar-refractivity contribution in [3.8, 4) is 10.4 Å². The monoisotopic (exact) mass is 434 g/mol.